The number of carbonyl (C=O) groups excluding carboxylic acids is 2. The van der Waals surface area contributed by atoms with E-state index in [1.807, 2.05) is 30.3 Å². The third kappa shape index (κ3) is 6.24. The highest BCUT2D eigenvalue weighted by atomic mass is 35.5. The van der Waals surface area contributed by atoms with Gasteiger partial charge in [0.05, 0.1) is 27.7 Å². The molecule has 0 saturated carbocycles. The van der Waals surface area contributed by atoms with Gasteiger partial charge in [0.2, 0.25) is 0 Å². The molecule has 0 heterocycles. The van der Waals surface area contributed by atoms with Crippen LogP contribution in [0.3, 0.4) is 0 Å². The average Bonchev–Trinajstić information content (AvgIpc) is 2.85. The largest absolute Gasteiger partial charge is 0.452 e. The van der Waals surface area contributed by atoms with E-state index in [9.17, 15) is 18.0 Å². The second-order valence-corrected chi connectivity index (χ2v) is 9.41. The number of sulfonamides is 1. The Morgan fingerprint density at radius 3 is 2.41 bits per heavy atom. The second-order valence-electron chi connectivity index (χ2n) is 7.14. The molecule has 3 aromatic carbocycles. The van der Waals surface area contributed by atoms with Crippen molar-refractivity contribution in [1.29, 1.82) is 0 Å². The number of esters is 1. The first-order valence-corrected chi connectivity index (χ1v) is 12.1. The number of halogens is 1. The number of carbonyl (C=O) groups is 2. The summed E-state index contributed by atoms with van der Waals surface area (Å²) in [7, 11) is -4.07. The van der Waals surface area contributed by atoms with Crippen molar-refractivity contribution in [1.82, 2.24) is 5.32 Å². The van der Waals surface area contributed by atoms with Crippen molar-refractivity contribution in [3.05, 3.63) is 108 Å². The lowest BCUT2D eigenvalue weighted by Crippen LogP contribution is -2.31. The third-order valence-corrected chi connectivity index (χ3v) is 6.84. The molecule has 0 spiro atoms. The molecule has 0 radical (unpaired) electrons. The fraction of sp³-hybridized carbons (Fsp3) is 0.120. The maximum Gasteiger partial charge on any atom is 0.338 e. The lowest BCUT2D eigenvalue weighted by atomic mass is 10.2. The highest BCUT2D eigenvalue weighted by Gasteiger charge is 2.26. The lowest BCUT2D eigenvalue weighted by Gasteiger charge is -2.24. The monoisotopic (exact) mass is 498 g/mol. The van der Waals surface area contributed by atoms with Crippen LogP contribution in [0, 0.1) is 0 Å². The number of ether oxygens (including phenoxy) is 1. The van der Waals surface area contributed by atoms with E-state index in [0.29, 0.717) is 6.54 Å². The highest BCUT2D eigenvalue weighted by Crippen LogP contribution is 2.30. The van der Waals surface area contributed by atoms with Crippen molar-refractivity contribution in [2.75, 3.05) is 17.5 Å². The molecule has 9 heteroatoms. The van der Waals surface area contributed by atoms with Crippen LogP contribution < -0.4 is 9.62 Å². The molecule has 0 aliphatic rings. The van der Waals surface area contributed by atoms with E-state index in [1.165, 1.54) is 30.3 Å². The van der Waals surface area contributed by atoms with Crippen molar-refractivity contribution in [3.63, 3.8) is 0 Å². The molecule has 1 amide bonds. The van der Waals surface area contributed by atoms with E-state index in [4.69, 9.17) is 16.3 Å². The summed E-state index contributed by atoms with van der Waals surface area (Å²) in [6, 6.07) is 21.2. The lowest BCUT2D eigenvalue weighted by molar-refractivity contribution is -0.124. The molecule has 34 heavy (non-hydrogen) atoms. The van der Waals surface area contributed by atoms with E-state index >= 15 is 0 Å². The minimum Gasteiger partial charge on any atom is -0.452 e. The number of anilines is 1. The first kappa shape index (κ1) is 25.0. The fourth-order valence-corrected chi connectivity index (χ4v) is 4.86. The number of amides is 1. The molecule has 0 bridgehead atoms. The number of benzene rings is 3. The fourth-order valence-electron chi connectivity index (χ4n) is 3.07. The summed E-state index contributed by atoms with van der Waals surface area (Å²) >= 11 is 6.21. The zero-order valence-corrected chi connectivity index (χ0v) is 19.8. The quantitative estimate of drug-likeness (QED) is 0.334. The van der Waals surface area contributed by atoms with Crippen LogP contribution in [-0.4, -0.2) is 33.4 Å². The standard InChI is InChI=1S/C25H23ClN2O5S/c1-2-15-28(23-14-7-6-13-22(23)26)34(31,32)21-12-8-11-20(16-21)25(30)33-18-24(29)27-17-19-9-4-3-5-10-19/h2-14,16H,1,15,17-18H2,(H,27,29). The van der Waals surface area contributed by atoms with Crippen LogP contribution in [0.2, 0.25) is 5.02 Å². The Bertz CT molecular complexity index is 1280. The number of nitrogens with zero attached hydrogens (tertiary/aromatic N) is 1. The summed E-state index contributed by atoms with van der Waals surface area (Å²) in [6.07, 6.45) is 1.44. The van der Waals surface area contributed by atoms with Crippen LogP contribution in [0.4, 0.5) is 5.69 Å². The average molecular weight is 499 g/mol. The van der Waals surface area contributed by atoms with Gasteiger partial charge in [0.25, 0.3) is 15.9 Å². The van der Waals surface area contributed by atoms with E-state index in [-0.39, 0.29) is 27.7 Å². The van der Waals surface area contributed by atoms with Crippen LogP contribution >= 0.6 is 11.6 Å². The van der Waals surface area contributed by atoms with Gasteiger partial charge in [-0.1, -0.05) is 66.2 Å². The molecule has 3 aromatic rings. The number of rotatable bonds is 10. The highest BCUT2D eigenvalue weighted by molar-refractivity contribution is 7.92. The van der Waals surface area contributed by atoms with E-state index in [0.717, 1.165) is 9.87 Å². The van der Waals surface area contributed by atoms with Crippen LogP contribution in [0.5, 0.6) is 0 Å². The molecule has 1 N–H and O–H groups in total. The SMILES string of the molecule is C=CCN(c1ccccc1Cl)S(=O)(=O)c1cccc(C(=O)OCC(=O)NCc2ccccc2)c1. The molecular formula is C25H23ClN2O5S. The molecule has 0 aliphatic carbocycles. The Labute approximate surface area is 203 Å². The Hall–Kier alpha value is -3.62. The van der Waals surface area contributed by atoms with Gasteiger partial charge in [0, 0.05) is 6.54 Å². The molecule has 0 aliphatic heterocycles. The summed E-state index contributed by atoms with van der Waals surface area (Å²) in [5.74, 6) is -1.29. The zero-order chi connectivity index (χ0) is 24.6. The molecule has 0 aromatic heterocycles. The van der Waals surface area contributed by atoms with Crippen molar-refractivity contribution >= 4 is 39.2 Å². The van der Waals surface area contributed by atoms with Gasteiger partial charge in [-0.05, 0) is 35.9 Å². The minimum absolute atomic E-state index is 0.00496. The Kier molecular flexibility index (Phi) is 8.45. The summed E-state index contributed by atoms with van der Waals surface area (Å²) in [6.45, 7) is 3.40. The second kappa shape index (κ2) is 11.5. The number of para-hydroxylation sites is 1. The third-order valence-electron chi connectivity index (χ3n) is 4.74. The molecule has 0 saturated heterocycles. The summed E-state index contributed by atoms with van der Waals surface area (Å²) < 4.78 is 32.8. The number of hydrogen-bond donors (Lipinski definition) is 1. The van der Waals surface area contributed by atoms with Gasteiger partial charge < -0.3 is 10.1 Å². The van der Waals surface area contributed by atoms with Gasteiger partial charge in [0.1, 0.15) is 0 Å². The molecule has 0 unspecified atom stereocenters. The van der Waals surface area contributed by atoms with Gasteiger partial charge in [-0.2, -0.15) is 0 Å². The molecule has 7 nitrogen and oxygen atoms in total. The van der Waals surface area contributed by atoms with E-state index in [2.05, 4.69) is 11.9 Å². The van der Waals surface area contributed by atoms with Crippen molar-refractivity contribution in [2.45, 2.75) is 11.4 Å². The molecule has 0 atom stereocenters. The summed E-state index contributed by atoms with van der Waals surface area (Å²) in [5, 5.41) is 2.91. The predicted octanol–water partition coefficient (Wildman–Crippen LogP) is 4.19. The van der Waals surface area contributed by atoms with Crippen molar-refractivity contribution in [2.24, 2.45) is 0 Å². The van der Waals surface area contributed by atoms with Gasteiger partial charge in [-0.25, -0.2) is 13.2 Å². The molecule has 0 fully saturated rings. The minimum atomic E-state index is -4.07. The number of hydrogen-bond acceptors (Lipinski definition) is 5. The van der Waals surface area contributed by atoms with E-state index in [1.54, 1.807) is 24.3 Å². The normalized spacial score (nSPS) is 10.9. The number of nitrogens with one attached hydrogen (secondary N) is 1. The van der Waals surface area contributed by atoms with Crippen LogP contribution in [-0.2, 0) is 26.1 Å². The maximum absolute atomic E-state index is 13.3. The molecular weight excluding hydrogens is 476 g/mol. The van der Waals surface area contributed by atoms with Crippen LogP contribution in [0.15, 0.2) is 96.4 Å². The van der Waals surface area contributed by atoms with Crippen molar-refractivity contribution < 1.29 is 22.7 Å². The smallest absolute Gasteiger partial charge is 0.338 e. The first-order chi connectivity index (χ1) is 16.3. The summed E-state index contributed by atoms with van der Waals surface area (Å²) in [5.41, 5.74) is 1.18. The zero-order valence-electron chi connectivity index (χ0n) is 18.2. The Morgan fingerprint density at radius 1 is 1.00 bits per heavy atom. The van der Waals surface area contributed by atoms with Gasteiger partial charge in [-0.15, -0.1) is 6.58 Å². The Morgan fingerprint density at radius 2 is 1.71 bits per heavy atom. The predicted molar refractivity (Wildman–Crippen MR) is 131 cm³/mol. The van der Waals surface area contributed by atoms with Crippen LogP contribution in [0.1, 0.15) is 15.9 Å². The molecule has 176 valence electrons. The van der Waals surface area contributed by atoms with Crippen molar-refractivity contribution in [3.8, 4) is 0 Å². The van der Waals surface area contributed by atoms with Gasteiger partial charge in [0.15, 0.2) is 6.61 Å². The molecule has 3 rings (SSSR count). The Balaban J connectivity index is 1.71. The summed E-state index contributed by atoms with van der Waals surface area (Å²) in [4.78, 5) is 24.4. The topological polar surface area (TPSA) is 92.8 Å². The van der Waals surface area contributed by atoms with Gasteiger partial charge >= 0.3 is 5.97 Å². The maximum atomic E-state index is 13.3. The van der Waals surface area contributed by atoms with E-state index < -0.39 is 28.5 Å². The van der Waals surface area contributed by atoms with Crippen LogP contribution in [0.25, 0.3) is 0 Å². The van der Waals surface area contributed by atoms with Gasteiger partial charge in [-0.3, -0.25) is 9.10 Å². The first-order valence-electron chi connectivity index (χ1n) is 10.3.